The van der Waals surface area contributed by atoms with Gasteiger partial charge in [0.25, 0.3) is 0 Å². The monoisotopic (exact) mass is 120 g/mol. The largest absolute Gasteiger partial charge is 1.00 e. The van der Waals surface area contributed by atoms with Crippen LogP contribution in [0, 0.1) is 0 Å². The van der Waals surface area contributed by atoms with Gasteiger partial charge in [0.2, 0.25) is 10.9 Å². The van der Waals surface area contributed by atoms with Crippen molar-refractivity contribution in [2.24, 2.45) is 0 Å². The minimum absolute atomic E-state index is 0. The van der Waals surface area contributed by atoms with Gasteiger partial charge < -0.3 is 5.11 Å². The molecule has 8 heavy (non-hydrogen) atoms. The van der Waals surface area contributed by atoms with Crippen LogP contribution in [0.3, 0.4) is 0 Å². The van der Waals surface area contributed by atoms with Gasteiger partial charge in [-0.2, -0.15) is 0 Å². The van der Waals surface area contributed by atoms with Gasteiger partial charge in [-0.3, -0.25) is 9.59 Å². The molecule has 0 aliphatic rings. The zero-order valence-corrected chi connectivity index (χ0v) is 6.30. The van der Waals surface area contributed by atoms with Crippen molar-refractivity contribution in [1.82, 2.24) is 0 Å². The third-order valence-corrected chi connectivity index (χ3v) is 0.710. The van der Waals surface area contributed by atoms with Crippen LogP contribution < -0.4 is 45.5 Å². The first-order chi connectivity index (χ1) is 3.22. The van der Waals surface area contributed by atoms with E-state index in [1.807, 2.05) is 0 Å². The van der Waals surface area contributed by atoms with Crippen LogP contribution in [0.4, 0.5) is 0 Å². The van der Waals surface area contributed by atoms with E-state index in [0.717, 1.165) is 6.07 Å². The average molecular weight is 120 g/mol. The third kappa shape index (κ3) is 0.992. The molecule has 36 valence electrons. The van der Waals surface area contributed by atoms with Crippen molar-refractivity contribution in [3.63, 3.8) is 0 Å². The van der Waals surface area contributed by atoms with Crippen LogP contribution in [0.1, 0.15) is 0 Å². The maximum absolute atomic E-state index is 9.83. The molecule has 0 N–H and O–H groups in total. The van der Waals surface area contributed by atoms with E-state index in [2.05, 4.69) is 0 Å². The zero-order valence-electron chi connectivity index (χ0n) is 4.30. The summed E-state index contributed by atoms with van der Waals surface area (Å²) >= 11 is 0. The molecule has 1 aromatic carbocycles. The Balaban J connectivity index is 0.000000490. The van der Waals surface area contributed by atoms with Gasteiger partial charge in [0.1, 0.15) is 0 Å². The topological polar surface area (TPSA) is 57.2 Å². The van der Waals surface area contributed by atoms with E-state index in [1.54, 1.807) is 0 Å². The first-order valence-corrected chi connectivity index (χ1v) is 1.69. The minimum atomic E-state index is -0.889. The second-order valence-corrected chi connectivity index (χ2v) is 1.20. The van der Waals surface area contributed by atoms with Crippen molar-refractivity contribution < 1.29 is 34.7 Å². The van der Waals surface area contributed by atoms with E-state index in [0.29, 0.717) is 0 Å². The summed E-state index contributed by atoms with van der Waals surface area (Å²) in [6, 6.07) is 0.780. The van der Waals surface area contributed by atoms with Gasteiger partial charge in [-0.1, -0.05) is 5.75 Å². The molecule has 0 radical (unpaired) electrons. The second kappa shape index (κ2) is 2.44. The standard InChI is InChI=1S/C4H2O3.Na/c5-2-1-3(6)4(2)7;/h1,5H;/q;+1/p-1. The molecule has 0 saturated heterocycles. The van der Waals surface area contributed by atoms with Gasteiger partial charge in [0.15, 0.2) is 0 Å². The first kappa shape index (κ1) is 7.88. The fourth-order valence-corrected chi connectivity index (χ4v) is 0.294. The van der Waals surface area contributed by atoms with E-state index >= 15 is 0 Å². The number of hydrogen-bond acceptors (Lipinski definition) is 3. The molecule has 0 unspecified atom stereocenters. The molecule has 0 amide bonds. The molecule has 0 saturated carbocycles. The molecule has 1 rings (SSSR count). The molecular weight excluding hydrogens is 119 g/mol. The van der Waals surface area contributed by atoms with Crippen molar-refractivity contribution >= 4 is 0 Å². The Hall–Kier alpha value is -0.120. The molecule has 3 nitrogen and oxygen atoms in total. The first-order valence-electron chi connectivity index (χ1n) is 1.69. The van der Waals surface area contributed by atoms with Gasteiger partial charge in [-0.25, -0.2) is 0 Å². The van der Waals surface area contributed by atoms with Crippen molar-refractivity contribution in [1.29, 1.82) is 0 Å². The summed E-state index contributed by atoms with van der Waals surface area (Å²) in [5.41, 5.74) is -1.56. The molecule has 0 aliphatic carbocycles. The van der Waals surface area contributed by atoms with Crippen LogP contribution in [-0.4, -0.2) is 0 Å². The summed E-state index contributed by atoms with van der Waals surface area (Å²) in [5, 5.41) is 9.81. The van der Waals surface area contributed by atoms with E-state index in [1.165, 1.54) is 0 Å². The Bertz CT molecular complexity index is 245. The smallest absolute Gasteiger partial charge is 0.870 e. The molecule has 0 spiro atoms. The van der Waals surface area contributed by atoms with E-state index < -0.39 is 16.6 Å². The predicted molar refractivity (Wildman–Crippen MR) is 20.8 cm³/mol. The Kier molecular flexibility index (Phi) is 2.40. The Labute approximate surface area is 66.9 Å². The van der Waals surface area contributed by atoms with E-state index in [-0.39, 0.29) is 29.6 Å². The molecule has 4 heteroatoms. The van der Waals surface area contributed by atoms with Crippen LogP contribution in [0.5, 0.6) is 5.75 Å². The molecule has 0 aromatic heterocycles. The van der Waals surface area contributed by atoms with Crippen LogP contribution in [0.15, 0.2) is 15.7 Å². The number of hydrogen-bond donors (Lipinski definition) is 0. The average Bonchev–Trinajstić information content (AvgIpc) is 1.68. The summed E-state index contributed by atoms with van der Waals surface area (Å²) in [6.07, 6.45) is 0. The van der Waals surface area contributed by atoms with Gasteiger partial charge in [-0.15, -0.1) is 0 Å². The Morgan fingerprint density at radius 1 is 1.38 bits per heavy atom. The van der Waals surface area contributed by atoms with E-state index in [9.17, 15) is 14.7 Å². The second-order valence-electron chi connectivity index (χ2n) is 1.20. The van der Waals surface area contributed by atoms with Crippen molar-refractivity contribution in [2.75, 3.05) is 0 Å². The normalized spacial score (nSPS) is 8.50. The van der Waals surface area contributed by atoms with Gasteiger partial charge in [0, 0.05) is 0 Å². The van der Waals surface area contributed by atoms with Gasteiger partial charge in [-0.05, 0) is 6.07 Å². The molecule has 0 fully saturated rings. The molecule has 0 atom stereocenters. The fourth-order valence-electron chi connectivity index (χ4n) is 0.294. The Morgan fingerprint density at radius 2 is 1.88 bits per heavy atom. The van der Waals surface area contributed by atoms with Crippen molar-refractivity contribution in [3.05, 3.63) is 26.5 Å². The summed E-state index contributed by atoms with van der Waals surface area (Å²) < 4.78 is 0. The quantitative estimate of drug-likeness (QED) is 0.255. The number of rotatable bonds is 0. The molecule has 1 aromatic rings. The third-order valence-electron chi connectivity index (χ3n) is 0.710. The van der Waals surface area contributed by atoms with Crippen molar-refractivity contribution in [2.45, 2.75) is 0 Å². The summed E-state index contributed by atoms with van der Waals surface area (Å²) in [4.78, 5) is 19.6. The Morgan fingerprint density at radius 3 is 1.88 bits per heavy atom. The molecular formula is C4HNaO3. The molecule has 0 bridgehead atoms. The van der Waals surface area contributed by atoms with Crippen LogP contribution >= 0.6 is 0 Å². The fraction of sp³-hybridized carbons (Fsp3) is 0. The van der Waals surface area contributed by atoms with Gasteiger partial charge in [0.05, 0.1) is 0 Å². The predicted octanol–water partition coefficient (Wildman–Crippen LogP) is -4.64. The minimum Gasteiger partial charge on any atom is -0.870 e. The van der Waals surface area contributed by atoms with Crippen LogP contribution in [0.25, 0.3) is 0 Å². The maximum atomic E-state index is 9.83. The maximum Gasteiger partial charge on any atom is 1.00 e. The zero-order chi connectivity index (χ0) is 5.44. The molecule has 0 aliphatic heterocycles. The summed E-state index contributed by atoms with van der Waals surface area (Å²) in [7, 11) is 0. The van der Waals surface area contributed by atoms with Crippen molar-refractivity contribution in [3.8, 4) is 5.75 Å². The van der Waals surface area contributed by atoms with Crippen LogP contribution in [-0.2, 0) is 0 Å². The van der Waals surface area contributed by atoms with Crippen LogP contribution in [0.2, 0.25) is 0 Å². The van der Waals surface area contributed by atoms with E-state index in [4.69, 9.17) is 0 Å². The summed E-state index contributed by atoms with van der Waals surface area (Å²) in [5.74, 6) is -0.676. The van der Waals surface area contributed by atoms with Gasteiger partial charge >= 0.3 is 29.6 Å². The summed E-state index contributed by atoms with van der Waals surface area (Å²) in [6.45, 7) is 0. The SMILES string of the molecule is O=c1cc([O-])c1=O.[Na+]. The molecule has 0 heterocycles.